The van der Waals surface area contributed by atoms with E-state index < -0.39 is 20.0 Å². The molecule has 0 saturated carbocycles. The van der Waals surface area contributed by atoms with Gasteiger partial charge in [0.1, 0.15) is 5.75 Å². The Kier molecular flexibility index (Phi) is 4.87. The van der Waals surface area contributed by atoms with E-state index in [2.05, 4.69) is 25.4 Å². The van der Waals surface area contributed by atoms with Gasteiger partial charge in [0.2, 0.25) is 10.0 Å². The third-order valence-corrected chi connectivity index (χ3v) is 5.27. The third kappa shape index (κ3) is 4.85. The Hall–Kier alpha value is -1.78. The van der Waals surface area contributed by atoms with Gasteiger partial charge in [-0.3, -0.25) is 9.44 Å². The third-order valence-electron chi connectivity index (χ3n) is 2.65. The van der Waals surface area contributed by atoms with Crippen LogP contribution in [0.25, 0.3) is 0 Å². The molecular formula is C13H13BrN2O5S2. The molecule has 0 amide bonds. The van der Waals surface area contributed by atoms with Crippen LogP contribution in [-0.4, -0.2) is 28.2 Å². The number of anilines is 2. The van der Waals surface area contributed by atoms with Crippen LogP contribution in [0.5, 0.6) is 5.75 Å². The highest BCUT2D eigenvalue weighted by atomic mass is 79.9. The molecule has 2 rings (SSSR count). The van der Waals surface area contributed by atoms with Crippen LogP contribution in [-0.2, 0) is 20.0 Å². The molecule has 0 fully saturated rings. The number of rotatable bonds is 5. The molecule has 0 atom stereocenters. The van der Waals surface area contributed by atoms with Gasteiger partial charge in [-0.2, -0.15) is 0 Å². The summed E-state index contributed by atoms with van der Waals surface area (Å²) in [4.78, 5) is -0.0522. The Bertz CT molecular complexity index is 943. The van der Waals surface area contributed by atoms with Crippen molar-refractivity contribution in [3.05, 3.63) is 46.9 Å². The van der Waals surface area contributed by atoms with E-state index in [1.807, 2.05) is 0 Å². The average Bonchev–Trinajstić information content (AvgIpc) is 2.39. The molecule has 0 aliphatic carbocycles. The molecule has 0 bridgehead atoms. The highest BCUT2D eigenvalue weighted by Crippen LogP contribution is 2.27. The highest BCUT2D eigenvalue weighted by molar-refractivity contribution is 9.10. The van der Waals surface area contributed by atoms with Gasteiger partial charge in [-0.15, -0.1) is 0 Å². The molecule has 2 aromatic rings. The first kappa shape index (κ1) is 17.6. The van der Waals surface area contributed by atoms with Crippen molar-refractivity contribution >= 4 is 47.4 Å². The molecule has 3 N–H and O–H groups in total. The van der Waals surface area contributed by atoms with Crippen molar-refractivity contribution in [2.75, 3.05) is 15.7 Å². The number of phenolic OH excluding ortho intramolecular Hbond substituents is 1. The van der Waals surface area contributed by atoms with E-state index in [1.165, 1.54) is 42.5 Å². The molecule has 0 saturated heterocycles. The maximum Gasteiger partial charge on any atom is 0.261 e. The average molecular weight is 421 g/mol. The van der Waals surface area contributed by atoms with Gasteiger partial charge in [-0.25, -0.2) is 16.8 Å². The van der Waals surface area contributed by atoms with E-state index in [4.69, 9.17) is 0 Å². The molecule has 0 spiro atoms. The molecule has 10 heteroatoms. The van der Waals surface area contributed by atoms with E-state index in [1.54, 1.807) is 0 Å². The SMILES string of the molecule is CS(=O)(=O)Nc1cccc(NS(=O)(=O)c2ccc(O)c(Br)c2)c1. The van der Waals surface area contributed by atoms with Crippen LogP contribution in [0.2, 0.25) is 0 Å². The maximum atomic E-state index is 12.3. The molecule has 124 valence electrons. The van der Waals surface area contributed by atoms with E-state index >= 15 is 0 Å². The summed E-state index contributed by atoms with van der Waals surface area (Å²) in [5.74, 6) is -0.0803. The number of benzene rings is 2. The van der Waals surface area contributed by atoms with Crippen LogP contribution < -0.4 is 9.44 Å². The number of halogens is 1. The van der Waals surface area contributed by atoms with Crippen LogP contribution in [0.4, 0.5) is 11.4 Å². The second-order valence-electron chi connectivity index (χ2n) is 4.67. The topological polar surface area (TPSA) is 113 Å². The molecule has 0 unspecified atom stereocenters. The lowest BCUT2D eigenvalue weighted by Crippen LogP contribution is -2.14. The zero-order valence-electron chi connectivity index (χ0n) is 11.8. The van der Waals surface area contributed by atoms with Crippen molar-refractivity contribution in [3.63, 3.8) is 0 Å². The number of hydrogen-bond acceptors (Lipinski definition) is 5. The minimum atomic E-state index is -3.88. The summed E-state index contributed by atoms with van der Waals surface area (Å²) in [6.07, 6.45) is 0.998. The fourth-order valence-corrected chi connectivity index (χ4v) is 3.89. The fraction of sp³-hybridized carbons (Fsp3) is 0.0769. The Labute approximate surface area is 142 Å². The van der Waals surface area contributed by atoms with E-state index in [0.717, 1.165) is 6.26 Å². The number of aromatic hydroxyl groups is 1. The van der Waals surface area contributed by atoms with Gasteiger partial charge in [-0.05, 0) is 52.3 Å². The van der Waals surface area contributed by atoms with Crippen molar-refractivity contribution in [2.24, 2.45) is 0 Å². The lowest BCUT2D eigenvalue weighted by molar-refractivity contribution is 0.471. The second kappa shape index (κ2) is 6.38. The van der Waals surface area contributed by atoms with Gasteiger partial charge in [0.15, 0.2) is 0 Å². The zero-order chi connectivity index (χ0) is 17.3. The van der Waals surface area contributed by atoms with E-state index in [9.17, 15) is 21.9 Å². The number of nitrogens with one attached hydrogen (secondary N) is 2. The second-order valence-corrected chi connectivity index (χ2v) is 8.96. The Morgan fingerprint density at radius 1 is 0.957 bits per heavy atom. The van der Waals surface area contributed by atoms with Gasteiger partial charge in [0, 0.05) is 0 Å². The lowest BCUT2D eigenvalue weighted by atomic mass is 10.3. The van der Waals surface area contributed by atoms with Gasteiger partial charge < -0.3 is 5.11 Å². The van der Waals surface area contributed by atoms with E-state index in [-0.39, 0.29) is 26.5 Å². The summed E-state index contributed by atoms with van der Waals surface area (Å²) in [6, 6.07) is 9.61. The molecule has 7 nitrogen and oxygen atoms in total. The first-order chi connectivity index (χ1) is 10.6. The van der Waals surface area contributed by atoms with Crippen LogP contribution in [0, 0.1) is 0 Å². The smallest absolute Gasteiger partial charge is 0.261 e. The van der Waals surface area contributed by atoms with Crippen LogP contribution >= 0.6 is 15.9 Å². The molecule has 0 aliphatic heterocycles. The van der Waals surface area contributed by atoms with Crippen molar-refractivity contribution in [2.45, 2.75) is 4.90 Å². The zero-order valence-corrected chi connectivity index (χ0v) is 15.0. The predicted octanol–water partition coefficient (Wildman–Crippen LogP) is 2.33. The van der Waals surface area contributed by atoms with Gasteiger partial charge >= 0.3 is 0 Å². The summed E-state index contributed by atoms with van der Waals surface area (Å²) in [5, 5.41) is 9.42. The van der Waals surface area contributed by atoms with Crippen molar-refractivity contribution < 1.29 is 21.9 Å². The molecule has 0 aromatic heterocycles. The minimum absolute atomic E-state index is 0.0522. The maximum absolute atomic E-state index is 12.3. The Morgan fingerprint density at radius 2 is 1.57 bits per heavy atom. The number of sulfonamides is 2. The molecule has 0 heterocycles. The monoisotopic (exact) mass is 420 g/mol. The molecule has 0 aliphatic rings. The summed E-state index contributed by atoms with van der Waals surface area (Å²) >= 11 is 3.05. The predicted molar refractivity (Wildman–Crippen MR) is 91.5 cm³/mol. The molecule has 2 aromatic carbocycles. The summed E-state index contributed by atoms with van der Waals surface area (Å²) < 4.78 is 51.9. The molecular weight excluding hydrogens is 408 g/mol. The van der Waals surface area contributed by atoms with Crippen molar-refractivity contribution in [1.29, 1.82) is 0 Å². The fourth-order valence-electron chi connectivity index (χ4n) is 1.73. The quantitative estimate of drug-likeness (QED) is 0.686. The van der Waals surface area contributed by atoms with Crippen molar-refractivity contribution in [3.8, 4) is 5.75 Å². The van der Waals surface area contributed by atoms with Gasteiger partial charge in [0.25, 0.3) is 10.0 Å². The van der Waals surface area contributed by atoms with Crippen LogP contribution in [0.15, 0.2) is 51.8 Å². The van der Waals surface area contributed by atoms with Crippen LogP contribution in [0.1, 0.15) is 0 Å². The first-order valence-electron chi connectivity index (χ1n) is 6.16. The van der Waals surface area contributed by atoms with Gasteiger partial charge in [0.05, 0.1) is 27.0 Å². The number of hydrogen-bond donors (Lipinski definition) is 3. The standard InChI is InChI=1S/C13H13BrN2O5S2/c1-22(18,19)15-9-3-2-4-10(7-9)16-23(20,21)11-5-6-13(17)12(14)8-11/h2-8,15-17H,1H3. The molecule has 23 heavy (non-hydrogen) atoms. The van der Waals surface area contributed by atoms with Crippen LogP contribution in [0.3, 0.4) is 0 Å². The summed E-state index contributed by atoms with van der Waals surface area (Å²) in [5.41, 5.74) is 0.433. The van der Waals surface area contributed by atoms with Crippen molar-refractivity contribution in [1.82, 2.24) is 0 Å². The lowest BCUT2D eigenvalue weighted by Gasteiger charge is -2.10. The highest BCUT2D eigenvalue weighted by Gasteiger charge is 2.16. The summed E-state index contributed by atoms with van der Waals surface area (Å²) in [7, 11) is -7.34. The summed E-state index contributed by atoms with van der Waals surface area (Å²) in [6.45, 7) is 0. The first-order valence-corrected chi connectivity index (χ1v) is 10.3. The normalized spacial score (nSPS) is 11.9. The Balaban J connectivity index is 2.30. The van der Waals surface area contributed by atoms with Gasteiger partial charge in [-0.1, -0.05) is 6.07 Å². The molecule has 0 radical (unpaired) electrons. The Morgan fingerprint density at radius 3 is 2.13 bits per heavy atom. The van der Waals surface area contributed by atoms with E-state index in [0.29, 0.717) is 0 Å². The minimum Gasteiger partial charge on any atom is -0.507 e. The number of phenols is 1. The largest absolute Gasteiger partial charge is 0.507 e.